The van der Waals surface area contributed by atoms with E-state index in [-0.39, 0.29) is 6.23 Å². The van der Waals surface area contributed by atoms with Crippen LogP contribution in [0.5, 0.6) is 5.75 Å². The van der Waals surface area contributed by atoms with Gasteiger partial charge >= 0.3 is 0 Å². The van der Waals surface area contributed by atoms with Crippen molar-refractivity contribution in [3.8, 4) is 5.75 Å². The number of hydrogen-bond acceptors (Lipinski definition) is 3. The number of benzene rings is 2. The van der Waals surface area contributed by atoms with Gasteiger partial charge in [-0.25, -0.2) is 4.68 Å². The summed E-state index contributed by atoms with van der Waals surface area (Å²) >= 11 is 0. The molecule has 1 aliphatic heterocycles. The van der Waals surface area contributed by atoms with Crippen LogP contribution in [-0.4, -0.2) is 16.4 Å². The van der Waals surface area contributed by atoms with Gasteiger partial charge in [0.25, 0.3) is 0 Å². The Labute approximate surface area is 142 Å². The first-order valence-corrected chi connectivity index (χ1v) is 8.58. The van der Waals surface area contributed by atoms with Gasteiger partial charge in [-0.1, -0.05) is 30.3 Å². The zero-order valence-electron chi connectivity index (χ0n) is 13.9. The highest BCUT2D eigenvalue weighted by atomic mass is 16.5. The summed E-state index contributed by atoms with van der Waals surface area (Å²) in [6.07, 6.45) is 3.43. The molecule has 0 spiro atoms. The van der Waals surface area contributed by atoms with Gasteiger partial charge in [0.2, 0.25) is 0 Å². The van der Waals surface area contributed by atoms with Gasteiger partial charge in [-0.15, -0.1) is 0 Å². The monoisotopic (exact) mass is 322 g/mol. The van der Waals surface area contributed by atoms with Gasteiger partial charge in [-0.05, 0) is 49.9 Å². The van der Waals surface area contributed by atoms with Crippen molar-refractivity contribution in [2.45, 2.75) is 39.0 Å². The Bertz CT molecular complexity index is 820. The van der Waals surface area contributed by atoms with Crippen molar-refractivity contribution >= 4 is 10.9 Å². The Hall–Kier alpha value is -2.33. The van der Waals surface area contributed by atoms with Crippen molar-refractivity contribution in [3.63, 3.8) is 0 Å². The number of ether oxygens (including phenoxy) is 2. The van der Waals surface area contributed by atoms with E-state index in [1.807, 2.05) is 35.9 Å². The van der Waals surface area contributed by atoms with Gasteiger partial charge in [0.1, 0.15) is 12.4 Å². The second-order valence-corrected chi connectivity index (χ2v) is 6.30. The lowest BCUT2D eigenvalue weighted by Crippen LogP contribution is -2.19. The Morgan fingerprint density at radius 1 is 1.17 bits per heavy atom. The Balaban J connectivity index is 1.58. The minimum absolute atomic E-state index is 0.0611. The molecule has 0 N–H and O–H groups in total. The standard InChI is InChI=1S/C20H22N2O2/c1-15-18-13-17(24-14-16-7-3-2-4-8-16)10-11-19(18)22(21-15)20-9-5-6-12-23-20/h2-4,7-8,10-11,13,20H,5-6,9,12,14H2,1H3. The second kappa shape index (κ2) is 6.65. The summed E-state index contributed by atoms with van der Waals surface area (Å²) in [5, 5.41) is 5.84. The van der Waals surface area contributed by atoms with E-state index in [1.54, 1.807) is 0 Å². The van der Waals surface area contributed by atoms with Gasteiger partial charge in [-0.3, -0.25) is 0 Å². The minimum atomic E-state index is 0.0611. The predicted molar refractivity (Wildman–Crippen MR) is 94.1 cm³/mol. The van der Waals surface area contributed by atoms with Gasteiger partial charge in [0, 0.05) is 12.0 Å². The SMILES string of the molecule is Cc1nn(C2CCCCO2)c2ccc(OCc3ccccc3)cc12. The zero-order chi connectivity index (χ0) is 16.4. The van der Waals surface area contributed by atoms with Crippen LogP contribution < -0.4 is 4.74 Å². The van der Waals surface area contributed by atoms with E-state index in [9.17, 15) is 0 Å². The average Bonchev–Trinajstić information content (AvgIpc) is 2.98. The molecule has 0 bridgehead atoms. The molecule has 4 rings (SSSR count). The summed E-state index contributed by atoms with van der Waals surface area (Å²) in [7, 11) is 0. The zero-order valence-corrected chi connectivity index (χ0v) is 13.9. The molecule has 1 atom stereocenters. The second-order valence-electron chi connectivity index (χ2n) is 6.30. The first-order valence-electron chi connectivity index (χ1n) is 8.58. The van der Waals surface area contributed by atoms with E-state index >= 15 is 0 Å². The number of aryl methyl sites for hydroxylation is 1. The first-order chi connectivity index (χ1) is 11.8. The highest BCUT2D eigenvalue weighted by molar-refractivity contribution is 5.83. The smallest absolute Gasteiger partial charge is 0.150 e. The van der Waals surface area contributed by atoms with Crippen molar-refractivity contribution in [2.24, 2.45) is 0 Å². The lowest BCUT2D eigenvalue weighted by atomic mass is 10.1. The third-order valence-electron chi connectivity index (χ3n) is 4.54. The van der Waals surface area contributed by atoms with E-state index in [1.165, 1.54) is 12.0 Å². The molecule has 0 radical (unpaired) electrons. The van der Waals surface area contributed by atoms with Crippen LogP contribution in [-0.2, 0) is 11.3 Å². The Morgan fingerprint density at radius 2 is 2.04 bits per heavy atom. The van der Waals surface area contributed by atoms with E-state index in [0.29, 0.717) is 6.61 Å². The molecule has 1 aliphatic rings. The molecule has 4 heteroatoms. The van der Waals surface area contributed by atoms with Crippen LogP contribution in [0.3, 0.4) is 0 Å². The molecule has 0 amide bonds. The molecule has 1 aromatic heterocycles. The molecule has 2 aromatic carbocycles. The molecule has 1 unspecified atom stereocenters. The van der Waals surface area contributed by atoms with Gasteiger partial charge in [0.05, 0.1) is 11.2 Å². The highest BCUT2D eigenvalue weighted by Gasteiger charge is 2.20. The normalized spacial score (nSPS) is 18.0. The summed E-state index contributed by atoms with van der Waals surface area (Å²) in [6.45, 7) is 3.44. The topological polar surface area (TPSA) is 36.3 Å². The number of fused-ring (bicyclic) bond motifs is 1. The molecule has 0 aliphatic carbocycles. The molecule has 2 heterocycles. The third-order valence-corrected chi connectivity index (χ3v) is 4.54. The van der Waals surface area contributed by atoms with Crippen LogP contribution in [0.2, 0.25) is 0 Å². The molecule has 1 fully saturated rings. The quantitative estimate of drug-likeness (QED) is 0.703. The molecule has 1 saturated heterocycles. The third kappa shape index (κ3) is 3.02. The number of hydrogen-bond donors (Lipinski definition) is 0. The van der Waals surface area contributed by atoms with E-state index in [4.69, 9.17) is 14.6 Å². The van der Waals surface area contributed by atoms with Gasteiger partial charge in [-0.2, -0.15) is 5.10 Å². The van der Waals surface area contributed by atoms with Crippen LogP contribution in [0, 0.1) is 6.92 Å². The minimum Gasteiger partial charge on any atom is -0.489 e. The fraction of sp³-hybridized carbons (Fsp3) is 0.350. The predicted octanol–water partition coefficient (Wildman–Crippen LogP) is 4.62. The fourth-order valence-electron chi connectivity index (χ4n) is 3.24. The van der Waals surface area contributed by atoms with Crippen LogP contribution in [0.15, 0.2) is 48.5 Å². The van der Waals surface area contributed by atoms with Crippen LogP contribution in [0.4, 0.5) is 0 Å². The molecule has 0 saturated carbocycles. The maximum absolute atomic E-state index is 5.94. The number of rotatable bonds is 4. The van der Waals surface area contributed by atoms with Crippen molar-refractivity contribution in [1.29, 1.82) is 0 Å². The van der Waals surface area contributed by atoms with Crippen molar-refractivity contribution in [2.75, 3.05) is 6.61 Å². The van der Waals surface area contributed by atoms with Crippen molar-refractivity contribution in [1.82, 2.24) is 9.78 Å². The highest BCUT2D eigenvalue weighted by Crippen LogP contribution is 2.30. The fourth-order valence-corrected chi connectivity index (χ4v) is 3.24. The molecular weight excluding hydrogens is 300 g/mol. The molecule has 24 heavy (non-hydrogen) atoms. The Morgan fingerprint density at radius 3 is 2.83 bits per heavy atom. The average molecular weight is 322 g/mol. The summed E-state index contributed by atoms with van der Waals surface area (Å²) < 4.78 is 13.9. The lowest BCUT2D eigenvalue weighted by Gasteiger charge is -2.23. The van der Waals surface area contributed by atoms with Crippen LogP contribution in [0.1, 0.15) is 36.7 Å². The van der Waals surface area contributed by atoms with E-state index < -0.39 is 0 Å². The van der Waals surface area contributed by atoms with Gasteiger partial charge in [0.15, 0.2) is 6.23 Å². The lowest BCUT2D eigenvalue weighted by molar-refractivity contribution is -0.0368. The van der Waals surface area contributed by atoms with Gasteiger partial charge < -0.3 is 9.47 Å². The molecule has 3 aromatic rings. The van der Waals surface area contributed by atoms with E-state index in [2.05, 4.69) is 24.3 Å². The maximum atomic E-state index is 5.94. The molecular formula is C20H22N2O2. The molecule has 124 valence electrons. The van der Waals surface area contributed by atoms with E-state index in [0.717, 1.165) is 41.8 Å². The Kier molecular flexibility index (Phi) is 4.22. The summed E-state index contributed by atoms with van der Waals surface area (Å²) in [5.74, 6) is 0.874. The first kappa shape index (κ1) is 15.2. The largest absolute Gasteiger partial charge is 0.489 e. The number of aromatic nitrogens is 2. The summed E-state index contributed by atoms with van der Waals surface area (Å²) in [6, 6.07) is 16.4. The molecule has 4 nitrogen and oxygen atoms in total. The van der Waals surface area contributed by atoms with Crippen molar-refractivity contribution < 1.29 is 9.47 Å². The summed E-state index contributed by atoms with van der Waals surface area (Å²) in [4.78, 5) is 0. The summed E-state index contributed by atoms with van der Waals surface area (Å²) in [5.41, 5.74) is 3.30. The number of nitrogens with zero attached hydrogens (tertiary/aromatic N) is 2. The van der Waals surface area contributed by atoms with Crippen LogP contribution >= 0.6 is 0 Å². The van der Waals surface area contributed by atoms with Crippen molar-refractivity contribution in [3.05, 3.63) is 59.8 Å². The van der Waals surface area contributed by atoms with Crippen LogP contribution in [0.25, 0.3) is 10.9 Å². The maximum Gasteiger partial charge on any atom is 0.150 e.